The van der Waals surface area contributed by atoms with Gasteiger partial charge in [0.2, 0.25) is 0 Å². The molecule has 0 saturated carbocycles. The van der Waals surface area contributed by atoms with Gasteiger partial charge in [0.05, 0.1) is 0 Å². The molecule has 0 saturated heterocycles. The summed E-state index contributed by atoms with van der Waals surface area (Å²) in [5.74, 6) is 0. The van der Waals surface area contributed by atoms with Crippen molar-refractivity contribution >= 4 is 10.8 Å². The lowest BCUT2D eigenvalue weighted by Crippen LogP contribution is -1.80. The van der Waals surface area contributed by atoms with Crippen molar-refractivity contribution in [3.63, 3.8) is 0 Å². The summed E-state index contributed by atoms with van der Waals surface area (Å²) in [7, 11) is 0. The lowest BCUT2D eigenvalue weighted by atomic mass is 10.00. The van der Waals surface area contributed by atoms with Crippen LogP contribution in [-0.4, -0.2) is 0 Å². The number of hydrogen-bond acceptors (Lipinski definition) is 0. The highest BCUT2D eigenvalue weighted by molar-refractivity contribution is 6.15. The first-order chi connectivity index (χ1) is 24.5. The molecular formula is C50H40. The second-order valence-corrected chi connectivity index (χ2v) is 13.6. The summed E-state index contributed by atoms with van der Waals surface area (Å²) in [6.07, 6.45) is 1.10. The zero-order valence-corrected chi connectivity index (χ0v) is 29.0. The molecule has 2 aliphatic rings. The van der Waals surface area contributed by atoms with Gasteiger partial charge < -0.3 is 0 Å². The Bertz CT molecular complexity index is 2440. The van der Waals surface area contributed by atoms with Gasteiger partial charge in [0.25, 0.3) is 0 Å². The van der Waals surface area contributed by atoms with Crippen LogP contribution in [0.15, 0.2) is 176 Å². The van der Waals surface area contributed by atoms with Crippen LogP contribution < -0.4 is 0 Å². The van der Waals surface area contributed by atoms with E-state index in [-0.39, 0.29) is 0 Å². The van der Waals surface area contributed by atoms with E-state index in [2.05, 4.69) is 191 Å². The molecule has 0 aliphatic heterocycles. The molecule has 8 aromatic carbocycles. The van der Waals surface area contributed by atoms with Gasteiger partial charge >= 0.3 is 0 Å². The largest absolute Gasteiger partial charge is 0.0622 e. The normalized spacial score (nSPS) is 11.4. The second-order valence-electron chi connectivity index (χ2n) is 13.6. The van der Waals surface area contributed by atoms with Crippen molar-refractivity contribution < 1.29 is 0 Å². The summed E-state index contributed by atoms with van der Waals surface area (Å²) in [5.41, 5.74) is 20.4. The molecule has 0 unspecified atom stereocenters. The Morgan fingerprint density at radius 3 is 1.46 bits per heavy atom. The van der Waals surface area contributed by atoms with Crippen LogP contribution in [0.3, 0.4) is 0 Å². The molecule has 2 aliphatic carbocycles. The Balaban J connectivity index is 0.000000109. The van der Waals surface area contributed by atoms with Crippen LogP contribution in [0, 0.1) is 20.8 Å². The molecule has 0 spiro atoms. The number of fused-ring (bicyclic) bond motifs is 6. The van der Waals surface area contributed by atoms with E-state index in [4.69, 9.17) is 0 Å². The van der Waals surface area contributed by atoms with E-state index in [1.165, 1.54) is 94.2 Å². The first kappa shape index (κ1) is 31.3. The summed E-state index contributed by atoms with van der Waals surface area (Å²) in [4.78, 5) is 0. The number of rotatable bonds is 2. The molecule has 0 atom stereocenters. The van der Waals surface area contributed by atoms with E-state index in [1.807, 2.05) is 6.07 Å². The van der Waals surface area contributed by atoms with Crippen LogP contribution in [0.25, 0.3) is 66.4 Å². The standard InChI is InChI=1S/C19H16.C17H12.C14H12/c1-15-7-9-17(10-8-15)19-13-11-18(12-14-19)16-5-3-2-4-6-16;1-11-8-9-13-14-6-2-4-12-5-3-7-15(17(12)14)16(13)10-11;1-10-6-7-14-12(8-10)9-11-4-2-3-5-13(11)14/h2-14H,1H3;2-10H,1H3;2-8H,9H2,1H3. The average molecular weight is 641 g/mol. The molecule has 0 heteroatoms. The maximum atomic E-state index is 2.30. The van der Waals surface area contributed by atoms with Crippen molar-refractivity contribution in [1.29, 1.82) is 0 Å². The molecule has 50 heavy (non-hydrogen) atoms. The molecule has 0 nitrogen and oxygen atoms in total. The van der Waals surface area contributed by atoms with Crippen molar-refractivity contribution in [1.82, 2.24) is 0 Å². The molecule has 0 radical (unpaired) electrons. The van der Waals surface area contributed by atoms with Crippen LogP contribution in [-0.2, 0) is 6.42 Å². The predicted molar refractivity (Wildman–Crippen MR) is 215 cm³/mol. The minimum absolute atomic E-state index is 1.10. The molecule has 0 N–H and O–H groups in total. The summed E-state index contributed by atoms with van der Waals surface area (Å²) in [6.45, 7) is 6.43. The van der Waals surface area contributed by atoms with Crippen LogP contribution in [0.1, 0.15) is 27.8 Å². The zero-order valence-electron chi connectivity index (χ0n) is 29.0. The Kier molecular flexibility index (Phi) is 8.45. The average Bonchev–Trinajstić information content (AvgIpc) is 3.69. The van der Waals surface area contributed by atoms with E-state index in [9.17, 15) is 0 Å². The van der Waals surface area contributed by atoms with Gasteiger partial charge in [-0.05, 0) is 105 Å². The Hall–Kier alpha value is -5.98. The van der Waals surface area contributed by atoms with Gasteiger partial charge in [-0.1, -0.05) is 193 Å². The molecule has 0 amide bonds. The van der Waals surface area contributed by atoms with E-state index < -0.39 is 0 Å². The van der Waals surface area contributed by atoms with Crippen molar-refractivity contribution in [2.45, 2.75) is 27.2 Å². The third-order valence-electron chi connectivity index (χ3n) is 9.99. The lowest BCUT2D eigenvalue weighted by molar-refractivity contribution is 1.25. The van der Waals surface area contributed by atoms with E-state index in [0.29, 0.717) is 0 Å². The first-order valence-electron chi connectivity index (χ1n) is 17.6. The Labute approximate surface area is 296 Å². The van der Waals surface area contributed by atoms with Crippen LogP contribution in [0.5, 0.6) is 0 Å². The van der Waals surface area contributed by atoms with Crippen molar-refractivity contribution in [2.75, 3.05) is 0 Å². The topological polar surface area (TPSA) is 0 Å². The summed E-state index contributed by atoms with van der Waals surface area (Å²) >= 11 is 0. The maximum Gasteiger partial charge on any atom is -0.00134 e. The maximum absolute atomic E-state index is 2.30. The van der Waals surface area contributed by atoms with Crippen molar-refractivity contribution in [2.24, 2.45) is 0 Å². The molecule has 10 rings (SSSR count). The second kappa shape index (κ2) is 13.5. The van der Waals surface area contributed by atoms with Crippen LogP contribution >= 0.6 is 0 Å². The fourth-order valence-electron chi connectivity index (χ4n) is 7.41. The third kappa shape index (κ3) is 6.17. The molecular weight excluding hydrogens is 601 g/mol. The fourth-order valence-corrected chi connectivity index (χ4v) is 7.41. The van der Waals surface area contributed by atoms with Gasteiger partial charge in [-0.2, -0.15) is 0 Å². The van der Waals surface area contributed by atoms with Gasteiger partial charge in [-0.25, -0.2) is 0 Å². The summed E-state index contributed by atoms with van der Waals surface area (Å²) < 4.78 is 0. The van der Waals surface area contributed by atoms with E-state index >= 15 is 0 Å². The number of aryl methyl sites for hydroxylation is 3. The van der Waals surface area contributed by atoms with Gasteiger partial charge in [0.1, 0.15) is 0 Å². The molecule has 240 valence electrons. The highest BCUT2D eigenvalue weighted by Gasteiger charge is 2.20. The van der Waals surface area contributed by atoms with Gasteiger partial charge in [-0.3, -0.25) is 0 Å². The predicted octanol–water partition coefficient (Wildman–Crippen LogP) is 13.7. The van der Waals surface area contributed by atoms with Gasteiger partial charge in [-0.15, -0.1) is 0 Å². The Morgan fingerprint density at radius 2 is 0.780 bits per heavy atom. The first-order valence-corrected chi connectivity index (χ1v) is 17.6. The van der Waals surface area contributed by atoms with E-state index in [1.54, 1.807) is 0 Å². The lowest BCUT2D eigenvalue weighted by Gasteiger charge is -2.05. The number of hydrogen-bond donors (Lipinski definition) is 0. The SMILES string of the molecule is Cc1ccc(-c2ccc(-c3ccccc3)cc2)cc1.Cc1ccc2c(c1)-c1cccc3cccc-2c13.Cc1ccc2c(c1)Cc1ccccc1-2. The van der Waals surface area contributed by atoms with Gasteiger partial charge in [0.15, 0.2) is 0 Å². The van der Waals surface area contributed by atoms with Gasteiger partial charge in [0, 0.05) is 0 Å². The van der Waals surface area contributed by atoms with Crippen LogP contribution in [0.4, 0.5) is 0 Å². The van der Waals surface area contributed by atoms with Crippen LogP contribution in [0.2, 0.25) is 0 Å². The Morgan fingerprint density at radius 1 is 0.300 bits per heavy atom. The minimum atomic E-state index is 1.10. The van der Waals surface area contributed by atoms with Crippen molar-refractivity contribution in [3.8, 4) is 55.6 Å². The zero-order chi connectivity index (χ0) is 34.0. The quantitative estimate of drug-likeness (QED) is 0.176. The highest BCUT2D eigenvalue weighted by Crippen LogP contribution is 2.47. The molecule has 0 heterocycles. The van der Waals surface area contributed by atoms with E-state index in [0.717, 1.165) is 6.42 Å². The monoisotopic (exact) mass is 640 g/mol. The summed E-state index contributed by atoms with van der Waals surface area (Å²) in [6, 6.07) is 63.2. The van der Waals surface area contributed by atoms with Crippen molar-refractivity contribution in [3.05, 3.63) is 204 Å². The third-order valence-corrected chi connectivity index (χ3v) is 9.99. The highest BCUT2D eigenvalue weighted by atomic mass is 14.2. The minimum Gasteiger partial charge on any atom is -0.0622 e. The molecule has 0 bridgehead atoms. The fraction of sp³-hybridized carbons (Fsp3) is 0.0800. The molecule has 0 aromatic heterocycles. The molecule has 0 fully saturated rings. The number of benzene rings is 8. The molecule has 8 aromatic rings. The smallest absolute Gasteiger partial charge is 0.00134 e. The summed E-state index contributed by atoms with van der Waals surface area (Å²) in [5, 5.41) is 2.75.